The van der Waals surface area contributed by atoms with E-state index in [0.29, 0.717) is 26.2 Å². The van der Waals surface area contributed by atoms with Gasteiger partial charge in [0.15, 0.2) is 0 Å². The Balaban J connectivity index is 1.46. The SMILES string of the molecule is CCN(CC)S(=O)(=O)c1ccc(CNC(=O)NCc2cccc(CN3CCOCC3)c2)cc1. The first-order chi connectivity index (χ1) is 15.9. The van der Waals surface area contributed by atoms with Crippen molar-refractivity contribution in [3.63, 3.8) is 0 Å². The number of amides is 2. The van der Waals surface area contributed by atoms with Crippen LogP contribution in [0.25, 0.3) is 0 Å². The summed E-state index contributed by atoms with van der Waals surface area (Å²) in [6.07, 6.45) is 0. The number of carbonyl (C=O) groups is 1. The third-order valence-corrected chi connectivity index (χ3v) is 7.74. The highest BCUT2D eigenvalue weighted by Crippen LogP contribution is 2.16. The second kappa shape index (κ2) is 12.1. The predicted octanol–water partition coefficient (Wildman–Crippen LogP) is 2.55. The standard InChI is InChI=1S/C24H34N4O4S/c1-3-28(4-2)33(30,31)23-10-8-20(9-11-23)17-25-24(29)26-18-21-6-5-7-22(16-21)19-27-12-14-32-15-13-27/h5-11,16H,3-4,12-15,17-19H2,1-2H3,(H2,25,26,29). The third kappa shape index (κ3) is 7.26. The lowest BCUT2D eigenvalue weighted by Gasteiger charge is -2.26. The van der Waals surface area contributed by atoms with Crippen LogP contribution in [-0.2, 0) is 34.4 Å². The minimum atomic E-state index is -3.48. The molecule has 9 heteroatoms. The van der Waals surface area contributed by atoms with Gasteiger partial charge in [-0.2, -0.15) is 4.31 Å². The summed E-state index contributed by atoms with van der Waals surface area (Å²) in [5.41, 5.74) is 3.09. The van der Waals surface area contributed by atoms with E-state index in [1.54, 1.807) is 24.3 Å². The van der Waals surface area contributed by atoms with Gasteiger partial charge in [0, 0.05) is 45.8 Å². The number of nitrogens with zero attached hydrogens (tertiary/aromatic N) is 2. The summed E-state index contributed by atoms with van der Waals surface area (Å²) in [6.45, 7) is 9.54. The third-order valence-electron chi connectivity index (χ3n) is 5.67. The highest BCUT2D eigenvalue weighted by Gasteiger charge is 2.21. The molecule has 0 aromatic heterocycles. The Morgan fingerprint density at radius 1 is 0.939 bits per heavy atom. The fourth-order valence-corrected chi connectivity index (χ4v) is 5.23. The van der Waals surface area contributed by atoms with E-state index in [1.807, 2.05) is 26.0 Å². The van der Waals surface area contributed by atoms with Gasteiger partial charge >= 0.3 is 6.03 Å². The lowest BCUT2D eigenvalue weighted by molar-refractivity contribution is 0.0342. The van der Waals surface area contributed by atoms with Gasteiger partial charge < -0.3 is 15.4 Å². The summed E-state index contributed by atoms with van der Waals surface area (Å²) in [4.78, 5) is 14.9. The molecule has 1 fully saturated rings. The molecule has 0 bridgehead atoms. The maximum Gasteiger partial charge on any atom is 0.315 e. The van der Waals surface area contributed by atoms with Crippen LogP contribution < -0.4 is 10.6 Å². The van der Waals surface area contributed by atoms with E-state index in [4.69, 9.17) is 4.74 Å². The molecule has 1 aliphatic rings. The molecule has 2 amide bonds. The summed E-state index contributed by atoms with van der Waals surface area (Å²) in [5.74, 6) is 0. The molecule has 0 atom stereocenters. The Morgan fingerprint density at radius 2 is 1.55 bits per heavy atom. The van der Waals surface area contributed by atoms with Gasteiger partial charge in [-0.25, -0.2) is 13.2 Å². The van der Waals surface area contributed by atoms with Crippen molar-refractivity contribution in [2.75, 3.05) is 39.4 Å². The van der Waals surface area contributed by atoms with Crippen molar-refractivity contribution in [2.45, 2.75) is 38.4 Å². The largest absolute Gasteiger partial charge is 0.379 e. The number of morpholine rings is 1. The van der Waals surface area contributed by atoms with Crippen LogP contribution in [0.15, 0.2) is 53.4 Å². The van der Waals surface area contributed by atoms with Crippen molar-refractivity contribution in [3.8, 4) is 0 Å². The molecule has 33 heavy (non-hydrogen) atoms. The van der Waals surface area contributed by atoms with Gasteiger partial charge in [0.05, 0.1) is 18.1 Å². The van der Waals surface area contributed by atoms with E-state index in [0.717, 1.165) is 44.0 Å². The van der Waals surface area contributed by atoms with Crippen LogP contribution in [0.4, 0.5) is 4.79 Å². The second-order valence-corrected chi connectivity index (χ2v) is 9.92. The molecule has 8 nitrogen and oxygen atoms in total. The lowest BCUT2D eigenvalue weighted by atomic mass is 10.1. The lowest BCUT2D eigenvalue weighted by Crippen LogP contribution is -2.36. The molecular formula is C24H34N4O4S. The van der Waals surface area contributed by atoms with Crippen LogP contribution in [0, 0.1) is 0 Å². The molecule has 2 aromatic carbocycles. The van der Waals surface area contributed by atoms with Crippen LogP contribution >= 0.6 is 0 Å². The van der Waals surface area contributed by atoms with E-state index in [-0.39, 0.29) is 10.9 Å². The van der Waals surface area contributed by atoms with Gasteiger partial charge in [0.25, 0.3) is 0 Å². The molecule has 1 aliphatic heterocycles. The Kier molecular flexibility index (Phi) is 9.25. The van der Waals surface area contributed by atoms with E-state index >= 15 is 0 Å². The molecule has 0 radical (unpaired) electrons. The van der Waals surface area contributed by atoms with Crippen LogP contribution in [-0.4, -0.2) is 63.0 Å². The van der Waals surface area contributed by atoms with Crippen molar-refractivity contribution in [1.29, 1.82) is 0 Å². The molecule has 0 unspecified atom stereocenters. The molecular weight excluding hydrogens is 440 g/mol. The van der Waals surface area contributed by atoms with E-state index < -0.39 is 10.0 Å². The fourth-order valence-electron chi connectivity index (χ4n) is 3.77. The normalized spacial score (nSPS) is 14.9. The quantitative estimate of drug-likeness (QED) is 0.552. The van der Waals surface area contributed by atoms with Crippen molar-refractivity contribution in [3.05, 3.63) is 65.2 Å². The molecule has 1 saturated heterocycles. The summed E-state index contributed by atoms with van der Waals surface area (Å²) in [5, 5.41) is 5.70. The molecule has 180 valence electrons. The van der Waals surface area contributed by atoms with Crippen LogP contribution in [0.1, 0.15) is 30.5 Å². The Hall–Kier alpha value is -2.46. The van der Waals surface area contributed by atoms with Gasteiger partial charge in [-0.1, -0.05) is 50.2 Å². The number of hydrogen-bond donors (Lipinski definition) is 2. The molecule has 0 saturated carbocycles. The van der Waals surface area contributed by atoms with E-state index in [1.165, 1.54) is 9.87 Å². The van der Waals surface area contributed by atoms with Crippen LogP contribution in [0.3, 0.4) is 0 Å². The van der Waals surface area contributed by atoms with Crippen LogP contribution in [0.2, 0.25) is 0 Å². The summed E-state index contributed by atoms with van der Waals surface area (Å²) >= 11 is 0. The highest BCUT2D eigenvalue weighted by atomic mass is 32.2. The maximum atomic E-state index is 12.6. The summed E-state index contributed by atoms with van der Waals surface area (Å²) < 4.78 is 31.9. The number of hydrogen-bond acceptors (Lipinski definition) is 5. The number of ether oxygens (including phenoxy) is 1. The predicted molar refractivity (Wildman–Crippen MR) is 128 cm³/mol. The van der Waals surface area contributed by atoms with Gasteiger partial charge in [0.1, 0.15) is 0 Å². The average molecular weight is 475 g/mol. The van der Waals surface area contributed by atoms with E-state index in [9.17, 15) is 13.2 Å². The van der Waals surface area contributed by atoms with Gasteiger partial charge in [0.2, 0.25) is 10.0 Å². The van der Waals surface area contributed by atoms with Crippen molar-refractivity contribution >= 4 is 16.1 Å². The smallest absolute Gasteiger partial charge is 0.315 e. The monoisotopic (exact) mass is 474 g/mol. The Labute approximate surface area is 197 Å². The average Bonchev–Trinajstić information content (AvgIpc) is 2.83. The molecule has 2 N–H and O–H groups in total. The zero-order chi connectivity index (χ0) is 23.7. The fraction of sp³-hybridized carbons (Fsp3) is 0.458. The van der Waals surface area contributed by atoms with Crippen molar-refractivity contribution in [1.82, 2.24) is 19.8 Å². The number of carbonyl (C=O) groups excluding carboxylic acids is 1. The number of sulfonamides is 1. The minimum absolute atomic E-state index is 0.261. The maximum absolute atomic E-state index is 12.6. The highest BCUT2D eigenvalue weighted by molar-refractivity contribution is 7.89. The molecule has 1 heterocycles. The number of benzene rings is 2. The Bertz CT molecular complexity index is 1000. The minimum Gasteiger partial charge on any atom is -0.379 e. The second-order valence-electron chi connectivity index (χ2n) is 7.98. The number of nitrogens with one attached hydrogen (secondary N) is 2. The number of rotatable bonds is 10. The first kappa shape index (κ1) is 25.2. The van der Waals surface area contributed by atoms with Gasteiger partial charge in [-0.05, 0) is 28.8 Å². The molecule has 0 aliphatic carbocycles. The molecule has 2 aromatic rings. The molecule has 0 spiro atoms. The zero-order valence-electron chi connectivity index (χ0n) is 19.4. The summed E-state index contributed by atoms with van der Waals surface area (Å²) in [6, 6.07) is 14.6. The zero-order valence-corrected chi connectivity index (χ0v) is 20.2. The Morgan fingerprint density at radius 3 is 2.18 bits per heavy atom. The molecule has 3 rings (SSSR count). The first-order valence-corrected chi connectivity index (χ1v) is 12.8. The number of urea groups is 1. The first-order valence-electron chi connectivity index (χ1n) is 11.4. The van der Waals surface area contributed by atoms with Gasteiger partial charge in [-0.3, -0.25) is 4.90 Å². The van der Waals surface area contributed by atoms with Crippen LogP contribution in [0.5, 0.6) is 0 Å². The van der Waals surface area contributed by atoms with Crippen molar-refractivity contribution in [2.24, 2.45) is 0 Å². The van der Waals surface area contributed by atoms with Crippen molar-refractivity contribution < 1.29 is 17.9 Å². The topological polar surface area (TPSA) is 91.0 Å². The summed E-state index contributed by atoms with van der Waals surface area (Å²) in [7, 11) is -3.48. The van der Waals surface area contributed by atoms with E-state index in [2.05, 4.69) is 27.7 Å². The van der Waals surface area contributed by atoms with Gasteiger partial charge in [-0.15, -0.1) is 0 Å².